The van der Waals surface area contributed by atoms with Crippen LogP contribution in [0.4, 0.5) is 0 Å². The van der Waals surface area contributed by atoms with Crippen LogP contribution in [0.2, 0.25) is 0 Å². The molecule has 118 valence electrons. The summed E-state index contributed by atoms with van der Waals surface area (Å²) >= 11 is 0. The van der Waals surface area contributed by atoms with E-state index in [1.54, 1.807) is 0 Å². The molecule has 0 saturated heterocycles. The number of ether oxygens (including phenoxy) is 1. The van der Waals surface area contributed by atoms with Crippen LogP contribution in [0.15, 0.2) is 18.3 Å². The third kappa shape index (κ3) is 6.58. The maximum absolute atomic E-state index is 5.84. The van der Waals surface area contributed by atoms with Crippen LogP contribution in [-0.2, 0) is 17.9 Å². The summed E-state index contributed by atoms with van der Waals surface area (Å²) in [6, 6.07) is 5.01. The lowest BCUT2D eigenvalue weighted by atomic mass is 10.0. The predicted molar refractivity (Wildman–Crippen MR) is 87.1 cm³/mol. The summed E-state index contributed by atoms with van der Waals surface area (Å²) in [5.41, 5.74) is 2.30. The van der Waals surface area contributed by atoms with E-state index in [1.165, 1.54) is 44.1 Å². The topological polar surface area (TPSA) is 34.1 Å². The van der Waals surface area contributed by atoms with Gasteiger partial charge in [-0.15, -0.1) is 0 Å². The van der Waals surface area contributed by atoms with E-state index in [0.717, 1.165) is 24.9 Å². The van der Waals surface area contributed by atoms with E-state index in [0.29, 0.717) is 12.5 Å². The molecule has 1 aliphatic carbocycles. The fourth-order valence-electron chi connectivity index (χ4n) is 2.42. The second-order valence-electron chi connectivity index (χ2n) is 6.24. The van der Waals surface area contributed by atoms with Gasteiger partial charge in [0.1, 0.15) is 0 Å². The second kappa shape index (κ2) is 9.16. The molecule has 0 radical (unpaired) electrons. The second-order valence-corrected chi connectivity index (χ2v) is 6.24. The minimum atomic E-state index is 0.638. The Morgan fingerprint density at radius 3 is 2.81 bits per heavy atom. The van der Waals surface area contributed by atoms with Crippen LogP contribution in [0.1, 0.15) is 63.6 Å². The smallest absolute Gasteiger partial charge is 0.0887 e. The van der Waals surface area contributed by atoms with Crippen LogP contribution in [0.25, 0.3) is 0 Å². The molecule has 1 aliphatic rings. The Labute approximate surface area is 129 Å². The van der Waals surface area contributed by atoms with Gasteiger partial charge in [-0.25, -0.2) is 0 Å². The van der Waals surface area contributed by atoms with Crippen LogP contribution in [0.5, 0.6) is 0 Å². The highest BCUT2D eigenvalue weighted by atomic mass is 16.5. The molecule has 21 heavy (non-hydrogen) atoms. The van der Waals surface area contributed by atoms with Crippen molar-refractivity contribution in [2.45, 2.75) is 71.6 Å². The zero-order valence-electron chi connectivity index (χ0n) is 13.6. The first kappa shape index (κ1) is 16.4. The molecule has 0 spiro atoms. The van der Waals surface area contributed by atoms with Crippen molar-refractivity contribution in [2.24, 2.45) is 5.92 Å². The van der Waals surface area contributed by atoms with Crippen LogP contribution in [0, 0.1) is 5.92 Å². The van der Waals surface area contributed by atoms with E-state index < -0.39 is 0 Å². The number of hydrogen-bond acceptors (Lipinski definition) is 3. The van der Waals surface area contributed by atoms with Crippen molar-refractivity contribution in [2.75, 3.05) is 6.61 Å². The Morgan fingerprint density at radius 1 is 1.33 bits per heavy atom. The molecule has 1 saturated carbocycles. The molecule has 1 heterocycles. The SMILES string of the molecule is CCCCC(CC)COCc1ccc(CNC2CC2)cn1. The van der Waals surface area contributed by atoms with Crippen LogP contribution in [-0.4, -0.2) is 17.6 Å². The minimum Gasteiger partial charge on any atom is -0.375 e. The van der Waals surface area contributed by atoms with Crippen molar-refractivity contribution in [3.63, 3.8) is 0 Å². The summed E-state index contributed by atoms with van der Waals surface area (Å²) in [6.07, 6.45) is 9.71. The lowest BCUT2D eigenvalue weighted by Gasteiger charge is -2.14. The zero-order valence-corrected chi connectivity index (χ0v) is 13.6. The van der Waals surface area contributed by atoms with E-state index in [9.17, 15) is 0 Å². The van der Waals surface area contributed by atoms with Crippen LogP contribution >= 0.6 is 0 Å². The van der Waals surface area contributed by atoms with Gasteiger partial charge in [0.2, 0.25) is 0 Å². The number of unbranched alkanes of at least 4 members (excludes halogenated alkanes) is 1. The molecular formula is C18H30N2O. The molecule has 0 bridgehead atoms. The maximum atomic E-state index is 5.84. The standard InChI is InChI=1S/C18H30N2O/c1-3-5-6-15(4-2)13-21-14-18-8-7-16(12-20-18)11-19-17-9-10-17/h7-8,12,15,17,19H,3-6,9-11,13-14H2,1-2H3. The minimum absolute atomic E-state index is 0.638. The molecule has 1 fully saturated rings. The number of nitrogens with one attached hydrogen (secondary N) is 1. The Balaban J connectivity index is 1.64. The highest BCUT2D eigenvalue weighted by Gasteiger charge is 2.19. The van der Waals surface area contributed by atoms with E-state index in [2.05, 4.69) is 36.3 Å². The predicted octanol–water partition coefficient (Wildman–Crippen LogP) is 4.07. The number of aromatic nitrogens is 1. The first-order valence-electron chi connectivity index (χ1n) is 8.56. The largest absolute Gasteiger partial charge is 0.375 e. The average molecular weight is 290 g/mol. The van der Waals surface area contributed by atoms with Gasteiger partial charge >= 0.3 is 0 Å². The molecule has 0 aliphatic heterocycles. The molecule has 1 aromatic heterocycles. The molecule has 1 aromatic rings. The lowest BCUT2D eigenvalue weighted by Crippen LogP contribution is -2.15. The van der Waals surface area contributed by atoms with Crippen molar-refractivity contribution in [1.29, 1.82) is 0 Å². The quantitative estimate of drug-likeness (QED) is 0.667. The van der Waals surface area contributed by atoms with Gasteiger partial charge in [0.05, 0.1) is 12.3 Å². The van der Waals surface area contributed by atoms with Crippen molar-refractivity contribution in [3.05, 3.63) is 29.6 Å². The van der Waals surface area contributed by atoms with Crippen LogP contribution in [0.3, 0.4) is 0 Å². The van der Waals surface area contributed by atoms with Gasteiger partial charge in [-0.05, 0) is 36.8 Å². The number of rotatable bonds is 11. The molecule has 3 nitrogen and oxygen atoms in total. The number of hydrogen-bond donors (Lipinski definition) is 1. The lowest BCUT2D eigenvalue weighted by molar-refractivity contribution is 0.0799. The molecule has 1 N–H and O–H groups in total. The highest BCUT2D eigenvalue weighted by molar-refractivity contribution is 5.13. The zero-order chi connectivity index (χ0) is 14.9. The molecule has 1 atom stereocenters. The normalized spacial score (nSPS) is 16.1. The third-order valence-electron chi connectivity index (χ3n) is 4.20. The fraction of sp³-hybridized carbons (Fsp3) is 0.722. The van der Waals surface area contributed by atoms with Crippen molar-refractivity contribution < 1.29 is 4.74 Å². The Morgan fingerprint density at radius 2 is 2.19 bits per heavy atom. The summed E-state index contributed by atoms with van der Waals surface area (Å²) in [6.45, 7) is 6.94. The van der Waals surface area contributed by atoms with Crippen molar-refractivity contribution >= 4 is 0 Å². The van der Waals surface area contributed by atoms with Gasteiger partial charge in [-0.3, -0.25) is 4.98 Å². The van der Waals surface area contributed by atoms with Crippen LogP contribution < -0.4 is 5.32 Å². The summed E-state index contributed by atoms with van der Waals surface area (Å²) < 4.78 is 5.84. The van der Waals surface area contributed by atoms with Gasteiger partial charge in [-0.2, -0.15) is 0 Å². The average Bonchev–Trinajstić information content (AvgIpc) is 3.34. The van der Waals surface area contributed by atoms with Gasteiger partial charge in [0.15, 0.2) is 0 Å². The van der Waals surface area contributed by atoms with Gasteiger partial charge < -0.3 is 10.1 Å². The third-order valence-corrected chi connectivity index (χ3v) is 4.20. The van der Waals surface area contributed by atoms with Crippen molar-refractivity contribution in [3.8, 4) is 0 Å². The molecule has 3 heteroatoms. The van der Waals surface area contributed by atoms with Crippen molar-refractivity contribution in [1.82, 2.24) is 10.3 Å². The summed E-state index contributed by atoms with van der Waals surface area (Å²) in [4.78, 5) is 4.50. The molecule has 1 unspecified atom stereocenters. The summed E-state index contributed by atoms with van der Waals surface area (Å²) in [7, 11) is 0. The van der Waals surface area contributed by atoms with Gasteiger partial charge in [-0.1, -0.05) is 39.2 Å². The first-order chi connectivity index (χ1) is 10.3. The maximum Gasteiger partial charge on any atom is 0.0887 e. The van der Waals surface area contributed by atoms with E-state index >= 15 is 0 Å². The highest BCUT2D eigenvalue weighted by Crippen LogP contribution is 2.19. The Bertz CT molecular complexity index is 387. The van der Waals surface area contributed by atoms with E-state index in [-0.39, 0.29) is 0 Å². The number of nitrogens with zero attached hydrogens (tertiary/aromatic N) is 1. The fourth-order valence-corrected chi connectivity index (χ4v) is 2.42. The van der Waals surface area contributed by atoms with Gasteiger partial charge in [0.25, 0.3) is 0 Å². The Hall–Kier alpha value is -0.930. The summed E-state index contributed by atoms with van der Waals surface area (Å²) in [5, 5.41) is 3.51. The molecule has 0 aromatic carbocycles. The first-order valence-corrected chi connectivity index (χ1v) is 8.56. The van der Waals surface area contributed by atoms with Gasteiger partial charge in [0, 0.05) is 25.4 Å². The number of pyridine rings is 1. The van der Waals surface area contributed by atoms with E-state index in [1.807, 2.05) is 6.20 Å². The molecule has 0 amide bonds. The molecule has 2 rings (SSSR count). The molecular weight excluding hydrogens is 260 g/mol. The monoisotopic (exact) mass is 290 g/mol. The van der Waals surface area contributed by atoms with E-state index in [4.69, 9.17) is 4.74 Å². The summed E-state index contributed by atoms with van der Waals surface area (Å²) in [5.74, 6) is 0.701. The Kier molecular flexibility index (Phi) is 7.17.